The van der Waals surface area contributed by atoms with E-state index in [0.29, 0.717) is 10.9 Å². The fourth-order valence-electron chi connectivity index (χ4n) is 2.20. The molecule has 0 saturated carbocycles. The third-order valence-corrected chi connectivity index (χ3v) is 3.49. The van der Waals surface area contributed by atoms with Gasteiger partial charge in [-0.2, -0.15) is 0 Å². The van der Waals surface area contributed by atoms with Gasteiger partial charge in [0.25, 0.3) is 0 Å². The van der Waals surface area contributed by atoms with Crippen LogP contribution in [0.2, 0.25) is 5.02 Å². The molecule has 0 aromatic heterocycles. The second kappa shape index (κ2) is 5.04. The van der Waals surface area contributed by atoms with Gasteiger partial charge in [-0.15, -0.1) is 0 Å². The zero-order valence-corrected chi connectivity index (χ0v) is 9.82. The van der Waals surface area contributed by atoms with Gasteiger partial charge in [0, 0.05) is 41.9 Å². The first-order valence-corrected chi connectivity index (χ1v) is 5.88. The van der Waals surface area contributed by atoms with Gasteiger partial charge in [-0.3, -0.25) is 0 Å². The molecule has 1 fully saturated rings. The third kappa shape index (κ3) is 2.17. The van der Waals surface area contributed by atoms with Crippen molar-refractivity contribution >= 4 is 17.3 Å². The molecule has 1 saturated heterocycles. The summed E-state index contributed by atoms with van der Waals surface area (Å²) in [6.07, 6.45) is 0.994. The number of benzene rings is 1. The highest BCUT2D eigenvalue weighted by atomic mass is 35.5. The van der Waals surface area contributed by atoms with Crippen molar-refractivity contribution < 1.29 is 10.2 Å². The van der Waals surface area contributed by atoms with Gasteiger partial charge in [0.15, 0.2) is 0 Å². The Labute approximate surface area is 100 Å². The van der Waals surface area contributed by atoms with E-state index in [4.69, 9.17) is 16.7 Å². The fraction of sp³-hybridized carbons (Fsp3) is 0.500. The van der Waals surface area contributed by atoms with E-state index in [1.54, 1.807) is 6.07 Å². The monoisotopic (exact) mass is 241 g/mol. The quantitative estimate of drug-likeness (QED) is 0.846. The number of hydrogen-bond donors (Lipinski definition) is 2. The topological polar surface area (TPSA) is 43.7 Å². The molecule has 3 nitrogen and oxygen atoms in total. The van der Waals surface area contributed by atoms with E-state index in [1.165, 1.54) is 0 Å². The molecule has 1 heterocycles. The van der Waals surface area contributed by atoms with E-state index in [1.807, 2.05) is 12.1 Å². The summed E-state index contributed by atoms with van der Waals surface area (Å²) in [5.74, 6) is 0.338. The maximum atomic E-state index is 9.32. The summed E-state index contributed by atoms with van der Waals surface area (Å²) in [7, 11) is 0. The summed E-state index contributed by atoms with van der Waals surface area (Å²) in [6, 6.07) is 5.65. The minimum absolute atomic E-state index is 0.0463. The summed E-state index contributed by atoms with van der Waals surface area (Å²) in [6.45, 7) is 1.93. The van der Waals surface area contributed by atoms with Gasteiger partial charge < -0.3 is 15.1 Å². The lowest BCUT2D eigenvalue weighted by Gasteiger charge is -2.22. The molecule has 0 amide bonds. The van der Waals surface area contributed by atoms with Gasteiger partial charge in [-0.1, -0.05) is 17.7 Å². The van der Waals surface area contributed by atoms with Crippen LogP contribution in [0.25, 0.3) is 0 Å². The maximum Gasteiger partial charge on any atom is 0.0716 e. The second-order valence-electron chi connectivity index (χ2n) is 4.18. The van der Waals surface area contributed by atoms with E-state index < -0.39 is 0 Å². The summed E-state index contributed by atoms with van der Waals surface area (Å²) in [5, 5.41) is 19.0. The van der Waals surface area contributed by atoms with Crippen molar-refractivity contribution in [2.24, 2.45) is 5.92 Å². The molecule has 4 heteroatoms. The summed E-state index contributed by atoms with van der Waals surface area (Å²) in [4.78, 5) is 2.18. The van der Waals surface area contributed by atoms with Crippen LogP contribution in [-0.2, 0) is 6.61 Å². The zero-order chi connectivity index (χ0) is 11.5. The number of anilines is 1. The van der Waals surface area contributed by atoms with Crippen molar-refractivity contribution in [1.29, 1.82) is 0 Å². The van der Waals surface area contributed by atoms with E-state index in [9.17, 15) is 5.11 Å². The van der Waals surface area contributed by atoms with Crippen LogP contribution in [0, 0.1) is 5.92 Å². The lowest BCUT2D eigenvalue weighted by Crippen LogP contribution is -2.22. The van der Waals surface area contributed by atoms with E-state index in [-0.39, 0.29) is 13.2 Å². The van der Waals surface area contributed by atoms with Gasteiger partial charge in [-0.05, 0) is 18.6 Å². The minimum atomic E-state index is -0.0463. The first kappa shape index (κ1) is 11.7. The molecular formula is C12H16ClNO2. The molecule has 1 aromatic carbocycles. The third-order valence-electron chi connectivity index (χ3n) is 3.14. The molecule has 1 aliphatic heterocycles. The van der Waals surface area contributed by atoms with E-state index in [2.05, 4.69) is 4.90 Å². The summed E-state index contributed by atoms with van der Waals surface area (Å²) in [5.41, 5.74) is 1.77. The maximum absolute atomic E-state index is 9.32. The van der Waals surface area contributed by atoms with Crippen LogP contribution in [0.15, 0.2) is 18.2 Å². The van der Waals surface area contributed by atoms with Crippen LogP contribution >= 0.6 is 11.6 Å². The highest BCUT2D eigenvalue weighted by Crippen LogP contribution is 2.31. The molecule has 0 bridgehead atoms. The Kier molecular flexibility index (Phi) is 3.69. The van der Waals surface area contributed by atoms with E-state index in [0.717, 1.165) is 30.8 Å². The molecular weight excluding hydrogens is 226 g/mol. The highest BCUT2D eigenvalue weighted by Gasteiger charge is 2.23. The van der Waals surface area contributed by atoms with Crippen molar-refractivity contribution in [2.75, 3.05) is 24.6 Å². The lowest BCUT2D eigenvalue weighted by molar-refractivity contribution is 0.238. The molecule has 2 N–H and O–H groups in total. The Morgan fingerprint density at radius 2 is 2.19 bits per heavy atom. The van der Waals surface area contributed by atoms with Crippen LogP contribution < -0.4 is 4.90 Å². The van der Waals surface area contributed by atoms with Crippen molar-refractivity contribution in [3.05, 3.63) is 28.8 Å². The van der Waals surface area contributed by atoms with Crippen molar-refractivity contribution in [1.82, 2.24) is 0 Å². The Bertz CT molecular complexity index is 370. The fourth-order valence-corrected chi connectivity index (χ4v) is 2.43. The van der Waals surface area contributed by atoms with Gasteiger partial charge in [0.2, 0.25) is 0 Å². The molecule has 1 aromatic rings. The number of hydrogen-bond acceptors (Lipinski definition) is 3. The average molecular weight is 242 g/mol. The molecule has 16 heavy (non-hydrogen) atoms. The molecule has 1 aliphatic rings. The molecule has 1 atom stereocenters. The number of halogens is 1. The first-order valence-electron chi connectivity index (χ1n) is 5.50. The predicted octanol–water partition coefficient (Wildman–Crippen LogP) is 1.65. The Balaban J connectivity index is 2.24. The molecule has 88 valence electrons. The second-order valence-corrected chi connectivity index (χ2v) is 4.59. The molecule has 0 radical (unpaired) electrons. The summed E-state index contributed by atoms with van der Waals surface area (Å²) >= 11 is 6.04. The molecule has 0 spiro atoms. The standard InChI is InChI=1S/C12H16ClNO2/c13-11-2-1-3-12(10(11)8-16)14-5-4-9(6-14)7-15/h1-3,9,15-16H,4-8H2. The number of aliphatic hydroxyl groups excluding tert-OH is 2. The SMILES string of the molecule is OCc1c(Cl)cccc1N1CCC(CO)C1. The zero-order valence-electron chi connectivity index (χ0n) is 9.06. The van der Waals surface area contributed by atoms with Gasteiger partial charge in [0.05, 0.1) is 6.61 Å². The summed E-state index contributed by atoms with van der Waals surface area (Å²) < 4.78 is 0. The van der Waals surface area contributed by atoms with Crippen LogP contribution in [0.5, 0.6) is 0 Å². The van der Waals surface area contributed by atoms with Crippen molar-refractivity contribution in [3.63, 3.8) is 0 Å². The predicted molar refractivity (Wildman–Crippen MR) is 64.8 cm³/mol. The Morgan fingerprint density at radius 1 is 1.38 bits per heavy atom. The van der Waals surface area contributed by atoms with Gasteiger partial charge >= 0.3 is 0 Å². The van der Waals surface area contributed by atoms with Gasteiger partial charge in [0.1, 0.15) is 0 Å². The Hall–Kier alpha value is -0.770. The highest BCUT2D eigenvalue weighted by molar-refractivity contribution is 6.31. The smallest absolute Gasteiger partial charge is 0.0716 e. The molecule has 1 unspecified atom stereocenters. The van der Waals surface area contributed by atoms with Crippen molar-refractivity contribution in [3.8, 4) is 0 Å². The van der Waals surface area contributed by atoms with E-state index >= 15 is 0 Å². The number of nitrogens with zero attached hydrogens (tertiary/aromatic N) is 1. The average Bonchev–Trinajstić information content (AvgIpc) is 2.77. The lowest BCUT2D eigenvalue weighted by atomic mass is 10.1. The van der Waals surface area contributed by atoms with Crippen LogP contribution in [0.3, 0.4) is 0 Å². The van der Waals surface area contributed by atoms with Crippen LogP contribution in [0.4, 0.5) is 5.69 Å². The minimum Gasteiger partial charge on any atom is -0.396 e. The van der Waals surface area contributed by atoms with Gasteiger partial charge in [-0.25, -0.2) is 0 Å². The number of aliphatic hydroxyl groups is 2. The first-order chi connectivity index (χ1) is 7.76. The molecule has 0 aliphatic carbocycles. The van der Waals surface area contributed by atoms with Crippen LogP contribution in [-0.4, -0.2) is 29.9 Å². The van der Waals surface area contributed by atoms with Crippen molar-refractivity contribution in [2.45, 2.75) is 13.0 Å². The largest absolute Gasteiger partial charge is 0.396 e. The number of rotatable bonds is 3. The molecule has 2 rings (SSSR count). The normalized spacial score (nSPS) is 20.4. The Morgan fingerprint density at radius 3 is 2.81 bits per heavy atom. The van der Waals surface area contributed by atoms with Crippen LogP contribution in [0.1, 0.15) is 12.0 Å².